The molecule has 0 saturated carbocycles. The molecule has 0 aliphatic heterocycles. The van der Waals surface area contributed by atoms with Crippen LogP contribution in [-0.4, -0.2) is 14.9 Å². The number of aliphatic hydroxyl groups excluding tert-OH is 1. The number of aryl methyl sites for hydroxylation is 2. The van der Waals surface area contributed by atoms with E-state index in [-0.39, 0.29) is 0 Å². The molecule has 0 saturated heterocycles. The average Bonchev–Trinajstić information content (AvgIpc) is 3.11. The van der Waals surface area contributed by atoms with Gasteiger partial charge in [-0.15, -0.1) is 0 Å². The zero-order valence-electron chi connectivity index (χ0n) is 16.9. The number of aromatic nitrogens is 2. The van der Waals surface area contributed by atoms with Crippen molar-refractivity contribution in [1.29, 1.82) is 0 Å². The number of hydrogen-bond acceptors (Lipinski definition) is 3. The second kappa shape index (κ2) is 9.04. The van der Waals surface area contributed by atoms with Crippen molar-refractivity contribution in [2.24, 2.45) is 7.05 Å². The summed E-state index contributed by atoms with van der Waals surface area (Å²) in [5.41, 5.74) is 4.53. The van der Waals surface area contributed by atoms with Crippen LogP contribution in [0.2, 0.25) is 0 Å². The Morgan fingerprint density at radius 3 is 2.20 bits per heavy atom. The molecule has 0 unspecified atom stereocenters. The van der Waals surface area contributed by atoms with Gasteiger partial charge in [0.05, 0.1) is 5.56 Å². The van der Waals surface area contributed by atoms with Gasteiger partial charge in [-0.05, 0) is 31.2 Å². The highest BCUT2D eigenvalue weighted by molar-refractivity contribution is 7.99. The van der Waals surface area contributed by atoms with Crippen LogP contribution in [0, 0.1) is 18.8 Å². The minimum Gasteiger partial charge on any atom is -0.376 e. The molecule has 4 heteroatoms. The molecule has 4 rings (SSSR count). The lowest BCUT2D eigenvalue weighted by molar-refractivity contribution is 0.235. The Morgan fingerprint density at radius 2 is 1.53 bits per heavy atom. The van der Waals surface area contributed by atoms with Crippen LogP contribution >= 0.6 is 11.8 Å². The smallest absolute Gasteiger partial charge is 0.145 e. The van der Waals surface area contributed by atoms with Crippen molar-refractivity contribution in [1.82, 2.24) is 9.78 Å². The van der Waals surface area contributed by atoms with E-state index in [1.165, 1.54) is 5.56 Å². The number of nitrogens with zero attached hydrogens (tertiary/aromatic N) is 2. The van der Waals surface area contributed by atoms with E-state index >= 15 is 0 Å². The lowest BCUT2D eigenvalue weighted by Gasteiger charge is -2.10. The maximum atomic E-state index is 11.1. The van der Waals surface area contributed by atoms with Crippen LogP contribution in [0.1, 0.15) is 22.8 Å². The van der Waals surface area contributed by atoms with Gasteiger partial charge >= 0.3 is 0 Å². The molecule has 148 valence electrons. The quantitative estimate of drug-likeness (QED) is 0.443. The zero-order valence-corrected chi connectivity index (χ0v) is 17.7. The second-order valence-corrected chi connectivity index (χ2v) is 8.07. The lowest BCUT2D eigenvalue weighted by atomic mass is 10.0. The zero-order chi connectivity index (χ0) is 20.9. The van der Waals surface area contributed by atoms with Crippen molar-refractivity contribution < 1.29 is 5.11 Å². The van der Waals surface area contributed by atoms with Crippen LogP contribution in [0.5, 0.6) is 0 Å². The Bertz CT molecular complexity index is 1190. The van der Waals surface area contributed by atoms with E-state index in [2.05, 4.69) is 43.0 Å². The Morgan fingerprint density at radius 1 is 0.900 bits per heavy atom. The first-order valence-corrected chi connectivity index (χ1v) is 10.5. The highest BCUT2D eigenvalue weighted by Crippen LogP contribution is 2.38. The summed E-state index contributed by atoms with van der Waals surface area (Å²) in [6.07, 6.45) is -0.956. The highest BCUT2D eigenvalue weighted by Gasteiger charge is 2.23. The molecule has 3 aromatic carbocycles. The maximum Gasteiger partial charge on any atom is 0.145 e. The molecule has 1 atom stereocenters. The molecule has 0 radical (unpaired) electrons. The summed E-state index contributed by atoms with van der Waals surface area (Å²) in [6, 6.07) is 28.0. The first kappa shape index (κ1) is 20.0. The maximum absolute atomic E-state index is 11.1. The summed E-state index contributed by atoms with van der Waals surface area (Å²) in [6.45, 7) is 2.07. The number of benzene rings is 3. The molecule has 3 nitrogen and oxygen atoms in total. The molecule has 1 aromatic heterocycles. The third kappa shape index (κ3) is 4.49. The van der Waals surface area contributed by atoms with Crippen molar-refractivity contribution in [3.63, 3.8) is 0 Å². The Balaban J connectivity index is 1.79. The number of rotatable bonds is 4. The molecule has 0 aliphatic rings. The van der Waals surface area contributed by atoms with E-state index in [1.807, 2.05) is 72.4 Å². The molecule has 1 heterocycles. The summed E-state index contributed by atoms with van der Waals surface area (Å²) in [4.78, 5) is 1.09. The predicted molar refractivity (Wildman–Crippen MR) is 122 cm³/mol. The van der Waals surface area contributed by atoms with Gasteiger partial charge in [0.15, 0.2) is 0 Å². The van der Waals surface area contributed by atoms with E-state index in [0.717, 1.165) is 32.3 Å². The fourth-order valence-corrected chi connectivity index (χ4v) is 4.15. The summed E-state index contributed by atoms with van der Waals surface area (Å²) in [5.74, 6) is 6.10. The van der Waals surface area contributed by atoms with E-state index in [4.69, 9.17) is 5.10 Å². The van der Waals surface area contributed by atoms with Gasteiger partial charge in [-0.25, -0.2) is 0 Å². The van der Waals surface area contributed by atoms with Gasteiger partial charge in [0.25, 0.3) is 0 Å². The third-order valence-corrected chi connectivity index (χ3v) is 5.90. The van der Waals surface area contributed by atoms with Crippen molar-refractivity contribution in [3.8, 4) is 23.1 Å². The van der Waals surface area contributed by atoms with Crippen LogP contribution in [0.25, 0.3) is 11.3 Å². The van der Waals surface area contributed by atoms with Crippen LogP contribution in [0.15, 0.2) is 94.9 Å². The molecule has 0 aliphatic carbocycles. The first-order chi connectivity index (χ1) is 14.6. The molecular weight excluding hydrogens is 388 g/mol. The van der Waals surface area contributed by atoms with E-state index in [1.54, 1.807) is 11.8 Å². The summed E-state index contributed by atoms with van der Waals surface area (Å²) >= 11 is 1.59. The molecule has 0 bridgehead atoms. The van der Waals surface area contributed by atoms with Crippen LogP contribution in [0.3, 0.4) is 0 Å². The lowest BCUT2D eigenvalue weighted by Crippen LogP contribution is -1.99. The van der Waals surface area contributed by atoms with Gasteiger partial charge < -0.3 is 5.11 Å². The van der Waals surface area contributed by atoms with Gasteiger partial charge in [0.2, 0.25) is 0 Å². The van der Waals surface area contributed by atoms with E-state index in [9.17, 15) is 5.11 Å². The second-order valence-electron chi connectivity index (χ2n) is 7.01. The molecule has 0 fully saturated rings. The highest BCUT2D eigenvalue weighted by atomic mass is 32.2. The van der Waals surface area contributed by atoms with E-state index < -0.39 is 6.10 Å². The van der Waals surface area contributed by atoms with Crippen molar-refractivity contribution in [3.05, 3.63) is 102 Å². The molecule has 0 amide bonds. The monoisotopic (exact) mass is 410 g/mol. The molecule has 30 heavy (non-hydrogen) atoms. The van der Waals surface area contributed by atoms with Crippen LogP contribution in [-0.2, 0) is 7.05 Å². The van der Waals surface area contributed by atoms with Crippen molar-refractivity contribution >= 4 is 11.8 Å². The summed E-state index contributed by atoms with van der Waals surface area (Å²) in [5, 5.41) is 16.7. The largest absolute Gasteiger partial charge is 0.376 e. The standard InChI is InChI=1S/C26H22N2OS/c1-19-13-16-22(17-14-19)30-26-24(23(29)18-15-20-9-5-3-6-10-20)25(27-28(26)2)21-11-7-4-8-12-21/h3-14,16-17,23,29H,1-2H3/t23-/m1/s1. The van der Waals surface area contributed by atoms with Crippen LogP contribution in [0.4, 0.5) is 0 Å². The molecule has 0 spiro atoms. The fourth-order valence-electron chi connectivity index (χ4n) is 3.16. The van der Waals surface area contributed by atoms with Crippen molar-refractivity contribution in [2.75, 3.05) is 0 Å². The summed E-state index contributed by atoms with van der Waals surface area (Å²) in [7, 11) is 1.91. The molecular formula is C26H22N2OS. The van der Waals surface area contributed by atoms with Gasteiger partial charge in [0.1, 0.15) is 16.8 Å². The first-order valence-electron chi connectivity index (χ1n) is 9.73. The minimum absolute atomic E-state index is 0.734. The van der Waals surface area contributed by atoms with E-state index in [0.29, 0.717) is 0 Å². The van der Waals surface area contributed by atoms with Gasteiger partial charge in [-0.1, -0.05) is 89.8 Å². The predicted octanol–water partition coefficient (Wildman–Crippen LogP) is 5.63. The SMILES string of the molecule is Cc1ccc(Sc2c([C@H](O)C#Cc3ccccc3)c(-c3ccccc3)nn2C)cc1. The number of hydrogen-bond donors (Lipinski definition) is 1. The third-order valence-electron chi connectivity index (χ3n) is 4.71. The van der Waals surface area contributed by atoms with Gasteiger partial charge in [-0.3, -0.25) is 4.68 Å². The topological polar surface area (TPSA) is 38.1 Å². The van der Waals surface area contributed by atoms with Crippen LogP contribution < -0.4 is 0 Å². The van der Waals surface area contributed by atoms with Gasteiger partial charge in [-0.2, -0.15) is 5.10 Å². The molecule has 4 aromatic rings. The summed E-state index contributed by atoms with van der Waals surface area (Å²) < 4.78 is 1.83. The molecule has 1 N–H and O–H groups in total. The van der Waals surface area contributed by atoms with Crippen molar-refractivity contribution in [2.45, 2.75) is 22.9 Å². The normalized spacial score (nSPS) is 11.6. The average molecular weight is 411 g/mol. The number of aliphatic hydroxyl groups is 1. The Hall–Kier alpha value is -3.26. The Kier molecular flexibility index (Phi) is 6.04. The van der Waals surface area contributed by atoms with Gasteiger partial charge in [0, 0.05) is 23.1 Å². The fraction of sp³-hybridized carbons (Fsp3) is 0.115. The Labute approximate surface area is 181 Å². The minimum atomic E-state index is -0.956.